The highest BCUT2D eigenvalue weighted by Crippen LogP contribution is 2.36. The molecule has 0 saturated carbocycles. The molecular weight excluding hydrogens is 478 g/mol. The van der Waals surface area contributed by atoms with Crippen molar-refractivity contribution in [2.24, 2.45) is 0 Å². The van der Waals surface area contributed by atoms with Gasteiger partial charge >= 0.3 is 5.97 Å². The Kier molecular flexibility index (Phi) is 8.94. The Bertz CT molecular complexity index is 1030. The smallest absolute Gasteiger partial charge is 0.332 e. The van der Waals surface area contributed by atoms with Crippen LogP contribution in [0.3, 0.4) is 0 Å². The second-order valence-electron chi connectivity index (χ2n) is 10.1. The highest BCUT2D eigenvalue weighted by Gasteiger charge is 2.51. The van der Waals surface area contributed by atoms with Crippen LogP contribution in [-0.2, 0) is 44.6 Å². The summed E-state index contributed by atoms with van der Waals surface area (Å²) in [7, 11) is 0. The Balaban J connectivity index is 1.56. The fraction of sp³-hybridized carbons (Fsp3) is 0.500. The molecule has 9 nitrogen and oxygen atoms in total. The minimum absolute atomic E-state index is 0.217. The van der Waals surface area contributed by atoms with E-state index in [4.69, 9.17) is 28.4 Å². The van der Waals surface area contributed by atoms with E-state index in [2.05, 4.69) is 5.32 Å². The van der Waals surface area contributed by atoms with Crippen molar-refractivity contribution < 1.29 is 38.0 Å². The van der Waals surface area contributed by atoms with Crippen LogP contribution in [-0.4, -0.2) is 61.3 Å². The molecule has 2 heterocycles. The van der Waals surface area contributed by atoms with E-state index in [1.165, 1.54) is 6.92 Å². The second kappa shape index (κ2) is 12.1. The third-order valence-corrected chi connectivity index (χ3v) is 5.85. The number of carbonyl (C=O) groups excluding carboxylic acids is 2. The summed E-state index contributed by atoms with van der Waals surface area (Å²) in [6, 6.07) is 18.4. The first-order chi connectivity index (χ1) is 17.7. The second-order valence-corrected chi connectivity index (χ2v) is 10.1. The Morgan fingerprint density at radius 1 is 0.973 bits per heavy atom. The Hall–Kier alpha value is -2.82. The number of rotatable bonds is 8. The molecule has 4 rings (SSSR count). The lowest BCUT2D eigenvalue weighted by Gasteiger charge is -2.49. The Morgan fingerprint density at radius 3 is 2.30 bits per heavy atom. The molecule has 2 aromatic rings. The Labute approximate surface area is 217 Å². The van der Waals surface area contributed by atoms with Gasteiger partial charge in [0, 0.05) is 12.5 Å². The predicted molar refractivity (Wildman–Crippen MR) is 133 cm³/mol. The zero-order chi connectivity index (χ0) is 26.4. The SMILES string of the molecule is CC(=O)N[C@@H]1[C@H](OCc2ccccc2)O[C@@H]2CO[C@@H](c3ccccc3)O[C@H]2[C@@H]1OCC(=O)OC(C)(C)C. The van der Waals surface area contributed by atoms with Crippen molar-refractivity contribution in [3.63, 3.8) is 0 Å². The molecule has 0 aromatic heterocycles. The number of amides is 1. The van der Waals surface area contributed by atoms with Gasteiger partial charge in [-0.1, -0.05) is 60.7 Å². The third kappa shape index (κ3) is 7.59. The third-order valence-electron chi connectivity index (χ3n) is 5.85. The van der Waals surface area contributed by atoms with Gasteiger partial charge in [0.05, 0.1) is 13.2 Å². The monoisotopic (exact) mass is 513 g/mol. The number of fused-ring (bicyclic) bond motifs is 1. The quantitative estimate of drug-likeness (QED) is 0.537. The lowest BCUT2D eigenvalue weighted by atomic mass is 9.95. The standard InChI is InChI=1S/C28H35NO8/c1-18(30)29-23-25(32-17-22(31)37-28(2,3)4)24-21(16-34-26(36-24)20-13-9-6-10-14-20)35-27(23)33-15-19-11-7-5-8-12-19/h5-14,21,23-27H,15-17H2,1-4H3,(H,29,30)/t21-,23+,24-,25-,26-,27-/m1/s1. The van der Waals surface area contributed by atoms with E-state index in [0.29, 0.717) is 0 Å². The van der Waals surface area contributed by atoms with Gasteiger partial charge in [0.25, 0.3) is 0 Å². The van der Waals surface area contributed by atoms with E-state index in [1.54, 1.807) is 20.8 Å². The minimum atomic E-state index is -0.866. The van der Waals surface area contributed by atoms with Crippen LogP contribution < -0.4 is 5.32 Å². The molecule has 200 valence electrons. The van der Waals surface area contributed by atoms with Crippen molar-refractivity contribution in [3.05, 3.63) is 71.8 Å². The van der Waals surface area contributed by atoms with Crippen molar-refractivity contribution >= 4 is 11.9 Å². The average Bonchev–Trinajstić information content (AvgIpc) is 2.86. The summed E-state index contributed by atoms with van der Waals surface area (Å²) in [5.74, 6) is -0.816. The highest BCUT2D eigenvalue weighted by molar-refractivity contribution is 5.73. The topological polar surface area (TPSA) is 102 Å². The van der Waals surface area contributed by atoms with Gasteiger partial charge in [-0.05, 0) is 26.3 Å². The van der Waals surface area contributed by atoms with Gasteiger partial charge in [0.15, 0.2) is 12.6 Å². The first kappa shape index (κ1) is 27.2. The van der Waals surface area contributed by atoms with E-state index in [1.807, 2.05) is 60.7 Å². The maximum Gasteiger partial charge on any atom is 0.332 e. The molecule has 6 atom stereocenters. The molecular formula is C28H35NO8. The van der Waals surface area contributed by atoms with Crippen LogP contribution in [0, 0.1) is 0 Å². The first-order valence-electron chi connectivity index (χ1n) is 12.4. The van der Waals surface area contributed by atoms with Gasteiger partial charge in [-0.3, -0.25) is 4.79 Å². The van der Waals surface area contributed by atoms with E-state index in [-0.39, 0.29) is 25.7 Å². The number of benzene rings is 2. The fourth-order valence-electron chi connectivity index (χ4n) is 4.37. The van der Waals surface area contributed by atoms with Gasteiger partial charge in [-0.2, -0.15) is 0 Å². The number of esters is 1. The summed E-state index contributed by atoms with van der Waals surface area (Å²) >= 11 is 0. The molecule has 2 fully saturated rings. The van der Waals surface area contributed by atoms with Crippen LogP contribution >= 0.6 is 0 Å². The van der Waals surface area contributed by atoms with Crippen LogP contribution in [0.4, 0.5) is 0 Å². The normalized spacial score (nSPS) is 27.7. The van der Waals surface area contributed by atoms with Crippen molar-refractivity contribution in [1.29, 1.82) is 0 Å². The summed E-state index contributed by atoms with van der Waals surface area (Å²) in [5.41, 5.74) is 1.12. The molecule has 0 radical (unpaired) electrons. The van der Waals surface area contributed by atoms with E-state index in [0.717, 1.165) is 11.1 Å². The zero-order valence-electron chi connectivity index (χ0n) is 21.6. The van der Waals surface area contributed by atoms with Gasteiger partial charge in [-0.15, -0.1) is 0 Å². The maximum absolute atomic E-state index is 12.5. The molecule has 0 aliphatic carbocycles. The number of nitrogens with one attached hydrogen (secondary N) is 1. The van der Waals surface area contributed by atoms with Gasteiger partial charge < -0.3 is 33.7 Å². The molecule has 2 saturated heterocycles. The molecule has 2 aromatic carbocycles. The number of hydrogen-bond donors (Lipinski definition) is 1. The average molecular weight is 514 g/mol. The van der Waals surface area contributed by atoms with E-state index in [9.17, 15) is 9.59 Å². The maximum atomic E-state index is 12.5. The summed E-state index contributed by atoms with van der Waals surface area (Å²) in [6.45, 7) is 6.91. The summed E-state index contributed by atoms with van der Waals surface area (Å²) in [4.78, 5) is 24.7. The summed E-state index contributed by atoms with van der Waals surface area (Å²) in [5, 5.41) is 2.89. The van der Waals surface area contributed by atoms with Gasteiger partial charge in [-0.25, -0.2) is 4.79 Å². The molecule has 1 amide bonds. The molecule has 0 unspecified atom stereocenters. The zero-order valence-corrected chi connectivity index (χ0v) is 21.6. The van der Waals surface area contributed by atoms with Crippen molar-refractivity contribution in [1.82, 2.24) is 5.32 Å². The van der Waals surface area contributed by atoms with Crippen molar-refractivity contribution in [2.75, 3.05) is 13.2 Å². The minimum Gasteiger partial charge on any atom is -0.458 e. The molecule has 0 spiro atoms. The molecule has 0 bridgehead atoms. The van der Waals surface area contributed by atoms with E-state index >= 15 is 0 Å². The van der Waals surface area contributed by atoms with Crippen LogP contribution in [0.5, 0.6) is 0 Å². The summed E-state index contributed by atoms with van der Waals surface area (Å²) < 4.78 is 36.2. The van der Waals surface area contributed by atoms with Crippen molar-refractivity contribution in [3.8, 4) is 0 Å². The first-order valence-corrected chi connectivity index (χ1v) is 12.4. The summed E-state index contributed by atoms with van der Waals surface area (Å²) in [6.07, 6.45) is -3.48. The number of hydrogen-bond acceptors (Lipinski definition) is 8. The lowest BCUT2D eigenvalue weighted by Crippen LogP contribution is -2.67. The number of ether oxygens (including phenoxy) is 6. The van der Waals surface area contributed by atoms with Crippen LogP contribution in [0.25, 0.3) is 0 Å². The number of carbonyl (C=O) groups is 2. The Morgan fingerprint density at radius 2 is 1.65 bits per heavy atom. The fourth-order valence-corrected chi connectivity index (χ4v) is 4.37. The van der Waals surface area contributed by atoms with Crippen molar-refractivity contribution in [2.45, 2.75) is 76.8 Å². The highest BCUT2D eigenvalue weighted by atomic mass is 16.8. The lowest BCUT2D eigenvalue weighted by molar-refractivity contribution is -0.349. The largest absolute Gasteiger partial charge is 0.458 e. The van der Waals surface area contributed by atoms with Crippen LogP contribution in [0.15, 0.2) is 60.7 Å². The van der Waals surface area contributed by atoms with Gasteiger partial charge in [0.1, 0.15) is 36.6 Å². The molecule has 1 N–H and O–H groups in total. The van der Waals surface area contributed by atoms with Crippen LogP contribution in [0.1, 0.15) is 45.1 Å². The molecule has 37 heavy (non-hydrogen) atoms. The predicted octanol–water partition coefficient (Wildman–Crippen LogP) is 3.27. The molecule has 2 aliphatic heterocycles. The molecule has 9 heteroatoms. The van der Waals surface area contributed by atoms with Crippen LogP contribution in [0.2, 0.25) is 0 Å². The van der Waals surface area contributed by atoms with Gasteiger partial charge in [0.2, 0.25) is 5.91 Å². The molecule has 2 aliphatic rings. The van der Waals surface area contributed by atoms with E-state index < -0.39 is 48.5 Å².